The summed E-state index contributed by atoms with van der Waals surface area (Å²) in [5.74, 6) is 0.212. The summed E-state index contributed by atoms with van der Waals surface area (Å²) in [5.41, 5.74) is 0.0286. The molecular weight excluding hydrogens is 298 g/mol. The van der Waals surface area contributed by atoms with E-state index in [9.17, 15) is 14.9 Å². The topological polar surface area (TPSA) is 78.7 Å². The third kappa shape index (κ3) is 5.73. The molecule has 0 aliphatic heterocycles. The summed E-state index contributed by atoms with van der Waals surface area (Å²) in [5, 5.41) is 10.5. The van der Waals surface area contributed by atoms with Gasteiger partial charge in [0.15, 0.2) is 0 Å². The molecular formula is C17H23NO5. The van der Waals surface area contributed by atoms with Gasteiger partial charge in [0, 0.05) is 12.1 Å². The minimum atomic E-state index is -0.807. The average Bonchev–Trinajstić information content (AvgIpc) is 2.54. The van der Waals surface area contributed by atoms with Crippen LogP contribution in [-0.2, 0) is 4.74 Å². The molecule has 0 saturated heterocycles. The minimum Gasteiger partial charge on any atom is -0.434 e. The van der Waals surface area contributed by atoms with Crippen LogP contribution in [0.15, 0.2) is 36.9 Å². The van der Waals surface area contributed by atoms with Gasteiger partial charge in [0.05, 0.1) is 11.5 Å². The van der Waals surface area contributed by atoms with Crippen molar-refractivity contribution in [3.8, 4) is 5.75 Å². The maximum absolute atomic E-state index is 11.7. The van der Waals surface area contributed by atoms with E-state index in [0.29, 0.717) is 0 Å². The first kappa shape index (κ1) is 18.7. The van der Waals surface area contributed by atoms with Crippen molar-refractivity contribution in [1.29, 1.82) is 0 Å². The van der Waals surface area contributed by atoms with Crippen LogP contribution in [0.3, 0.4) is 0 Å². The second-order valence-corrected chi connectivity index (χ2v) is 5.40. The van der Waals surface area contributed by atoms with E-state index in [1.54, 1.807) is 0 Å². The standard InChI is InChI=1S/C17H23NO5/c1-4-11-17(5-2,6-3)12-13-22-16(19)23-15-9-7-14(8-10-15)18(20)21/h4,7-10H,1,5-6,11-13H2,2-3H3. The number of nitrogens with zero attached hydrogens (tertiary/aromatic N) is 1. The van der Waals surface area contributed by atoms with Gasteiger partial charge in [-0.05, 0) is 30.4 Å². The highest BCUT2D eigenvalue weighted by Crippen LogP contribution is 2.34. The number of nitro groups is 1. The van der Waals surface area contributed by atoms with E-state index < -0.39 is 11.1 Å². The van der Waals surface area contributed by atoms with Crippen LogP contribution in [0, 0.1) is 15.5 Å². The molecule has 6 nitrogen and oxygen atoms in total. The Morgan fingerprint density at radius 1 is 1.30 bits per heavy atom. The van der Waals surface area contributed by atoms with Crippen molar-refractivity contribution in [1.82, 2.24) is 0 Å². The van der Waals surface area contributed by atoms with Gasteiger partial charge in [0.25, 0.3) is 5.69 Å². The number of rotatable bonds is 9. The third-order valence-corrected chi connectivity index (χ3v) is 4.18. The number of carbonyl (C=O) groups excluding carboxylic acids is 1. The van der Waals surface area contributed by atoms with Crippen LogP contribution in [0.1, 0.15) is 39.5 Å². The normalized spacial score (nSPS) is 10.9. The smallest absolute Gasteiger partial charge is 0.434 e. The lowest BCUT2D eigenvalue weighted by atomic mass is 9.77. The van der Waals surface area contributed by atoms with Gasteiger partial charge >= 0.3 is 6.16 Å². The number of hydrogen-bond acceptors (Lipinski definition) is 5. The molecule has 23 heavy (non-hydrogen) atoms. The Hall–Kier alpha value is -2.37. The van der Waals surface area contributed by atoms with Crippen molar-refractivity contribution in [2.75, 3.05) is 6.61 Å². The molecule has 1 aromatic carbocycles. The Kier molecular flexibility index (Phi) is 7.25. The summed E-state index contributed by atoms with van der Waals surface area (Å²) in [6, 6.07) is 5.26. The van der Waals surface area contributed by atoms with Crippen molar-refractivity contribution >= 4 is 11.8 Å². The molecule has 0 heterocycles. The number of allylic oxidation sites excluding steroid dienone is 1. The summed E-state index contributed by atoms with van der Waals surface area (Å²) in [4.78, 5) is 21.7. The zero-order valence-electron chi connectivity index (χ0n) is 13.6. The predicted molar refractivity (Wildman–Crippen MR) is 87.5 cm³/mol. The van der Waals surface area contributed by atoms with Gasteiger partial charge in [-0.1, -0.05) is 32.8 Å². The number of non-ortho nitro benzene ring substituents is 1. The molecule has 0 amide bonds. The Morgan fingerprint density at radius 3 is 2.39 bits per heavy atom. The number of hydrogen-bond donors (Lipinski definition) is 0. The van der Waals surface area contributed by atoms with E-state index in [1.807, 2.05) is 6.08 Å². The molecule has 0 saturated carbocycles. The summed E-state index contributed by atoms with van der Waals surface area (Å²) in [6.07, 6.45) is 4.66. The molecule has 6 heteroatoms. The van der Waals surface area contributed by atoms with Crippen molar-refractivity contribution in [2.24, 2.45) is 5.41 Å². The fourth-order valence-corrected chi connectivity index (χ4v) is 2.41. The first-order chi connectivity index (χ1) is 11.0. The summed E-state index contributed by atoms with van der Waals surface area (Å²) in [6.45, 7) is 8.27. The first-order valence-electron chi connectivity index (χ1n) is 7.66. The van der Waals surface area contributed by atoms with E-state index in [2.05, 4.69) is 20.4 Å². The van der Waals surface area contributed by atoms with Crippen LogP contribution in [0.2, 0.25) is 0 Å². The lowest BCUT2D eigenvalue weighted by Crippen LogP contribution is -2.22. The number of benzene rings is 1. The first-order valence-corrected chi connectivity index (χ1v) is 7.66. The van der Waals surface area contributed by atoms with Gasteiger partial charge in [-0.25, -0.2) is 4.79 Å². The van der Waals surface area contributed by atoms with Gasteiger partial charge in [-0.15, -0.1) is 6.58 Å². The molecule has 0 radical (unpaired) electrons. The highest BCUT2D eigenvalue weighted by atomic mass is 16.7. The van der Waals surface area contributed by atoms with E-state index in [-0.39, 0.29) is 23.5 Å². The van der Waals surface area contributed by atoms with Crippen LogP contribution in [0.25, 0.3) is 0 Å². The average molecular weight is 321 g/mol. The van der Waals surface area contributed by atoms with E-state index in [1.165, 1.54) is 24.3 Å². The van der Waals surface area contributed by atoms with E-state index in [0.717, 1.165) is 25.7 Å². The van der Waals surface area contributed by atoms with Crippen LogP contribution >= 0.6 is 0 Å². The fraction of sp³-hybridized carbons (Fsp3) is 0.471. The predicted octanol–water partition coefficient (Wildman–Crippen LogP) is 4.88. The molecule has 126 valence electrons. The number of ether oxygens (including phenoxy) is 2. The van der Waals surface area contributed by atoms with Gasteiger partial charge in [-0.2, -0.15) is 0 Å². The lowest BCUT2D eigenvalue weighted by Gasteiger charge is -2.30. The van der Waals surface area contributed by atoms with Crippen molar-refractivity contribution in [3.63, 3.8) is 0 Å². The van der Waals surface area contributed by atoms with Crippen LogP contribution in [0.5, 0.6) is 5.75 Å². The Morgan fingerprint density at radius 2 is 1.91 bits per heavy atom. The molecule has 1 rings (SSSR count). The lowest BCUT2D eigenvalue weighted by molar-refractivity contribution is -0.384. The van der Waals surface area contributed by atoms with Crippen molar-refractivity contribution in [2.45, 2.75) is 39.5 Å². The highest BCUT2D eigenvalue weighted by Gasteiger charge is 2.25. The Bertz CT molecular complexity index is 534. The molecule has 0 unspecified atom stereocenters. The van der Waals surface area contributed by atoms with E-state index in [4.69, 9.17) is 9.47 Å². The summed E-state index contributed by atoms with van der Waals surface area (Å²) >= 11 is 0. The highest BCUT2D eigenvalue weighted by molar-refractivity contribution is 5.63. The van der Waals surface area contributed by atoms with Gasteiger partial charge in [0.1, 0.15) is 5.75 Å². The van der Waals surface area contributed by atoms with Crippen molar-refractivity contribution in [3.05, 3.63) is 47.0 Å². The van der Waals surface area contributed by atoms with Crippen molar-refractivity contribution < 1.29 is 19.2 Å². The number of carbonyl (C=O) groups is 1. The maximum atomic E-state index is 11.7. The zero-order chi connectivity index (χ0) is 17.3. The number of nitro benzene ring substituents is 1. The van der Waals surface area contributed by atoms with Crippen LogP contribution in [0.4, 0.5) is 10.5 Å². The molecule has 0 spiro atoms. The molecule has 0 fully saturated rings. The molecule has 0 bridgehead atoms. The SMILES string of the molecule is C=CCC(CC)(CC)CCOC(=O)Oc1ccc([N+](=O)[O-])cc1. The molecule has 1 aromatic rings. The Balaban J connectivity index is 2.47. The zero-order valence-corrected chi connectivity index (χ0v) is 13.6. The molecule has 0 N–H and O–H groups in total. The monoisotopic (exact) mass is 321 g/mol. The third-order valence-electron chi connectivity index (χ3n) is 4.18. The molecule has 0 aliphatic carbocycles. The summed E-state index contributed by atoms with van der Waals surface area (Å²) < 4.78 is 10.1. The van der Waals surface area contributed by atoms with Gasteiger partial charge in [-0.3, -0.25) is 10.1 Å². The van der Waals surface area contributed by atoms with Gasteiger partial charge < -0.3 is 9.47 Å². The fourth-order valence-electron chi connectivity index (χ4n) is 2.41. The van der Waals surface area contributed by atoms with Crippen LogP contribution < -0.4 is 4.74 Å². The van der Waals surface area contributed by atoms with E-state index >= 15 is 0 Å². The summed E-state index contributed by atoms with van der Waals surface area (Å²) in [7, 11) is 0. The molecule has 0 aliphatic rings. The van der Waals surface area contributed by atoms with Crippen LogP contribution in [-0.4, -0.2) is 17.7 Å². The molecule has 0 atom stereocenters. The Labute approximate surface area is 136 Å². The second-order valence-electron chi connectivity index (χ2n) is 5.40. The minimum absolute atomic E-state index is 0.0641. The quantitative estimate of drug-likeness (QED) is 0.213. The second kappa shape index (κ2) is 8.92. The maximum Gasteiger partial charge on any atom is 0.513 e. The largest absolute Gasteiger partial charge is 0.513 e. The van der Waals surface area contributed by atoms with Gasteiger partial charge in [0.2, 0.25) is 0 Å². The molecule has 0 aromatic heterocycles.